The number of nitrogens with zero attached hydrogens (tertiary/aromatic N) is 2. The van der Waals surface area contributed by atoms with Gasteiger partial charge in [0.15, 0.2) is 5.11 Å². The van der Waals surface area contributed by atoms with E-state index in [4.69, 9.17) is 12.2 Å². The third-order valence-corrected chi connectivity index (χ3v) is 3.11. The first kappa shape index (κ1) is 13.5. The zero-order valence-electron chi connectivity index (χ0n) is 11.1. The lowest BCUT2D eigenvalue weighted by atomic mass is 10.1. The molecule has 0 aliphatic heterocycles. The number of aryl methyl sites for hydroxylation is 1. The van der Waals surface area contributed by atoms with Crippen LogP contribution < -0.4 is 10.6 Å². The van der Waals surface area contributed by atoms with Gasteiger partial charge < -0.3 is 10.6 Å². The van der Waals surface area contributed by atoms with E-state index in [1.165, 1.54) is 5.56 Å². The highest BCUT2D eigenvalue weighted by Crippen LogP contribution is 2.10. The number of thiocarbonyl (C=S) groups is 1. The van der Waals surface area contributed by atoms with Crippen molar-refractivity contribution < 1.29 is 0 Å². The average molecular weight is 274 g/mol. The van der Waals surface area contributed by atoms with Crippen molar-refractivity contribution in [2.24, 2.45) is 7.05 Å². The molecular formula is C14H18N4S. The molecule has 4 nitrogen and oxygen atoms in total. The summed E-state index contributed by atoms with van der Waals surface area (Å²) < 4.78 is 1.78. The predicted octanol–water partition coefficient (Wildman–Crippen LogP) is 2.15. The fraction of sp³-hybridized carbons (Fsp3) is 0.286. The van der Waals surface area contributed by atoms with Gasteiger partial charge in [0.05, 0.1) is 18.3 Å². The van der Waals surface area contributed by atoms with Crippen molar-refractivity contribution in [2.45, 2.75) is 19.5 Å². The monoisotopic (exact) mass is 274 g/mol. The summed E-state index contributed by atoms with van der Waals surface area (Å²) in [5.74, 6) is 0. The minimum atomic E-state index is 0.185. The van der Waals surface area contributed by atoms with Crippen LogP contribution in [0.25, 0.3) is 0 Å². The summed E-state index contributed by atoms with van der Waals surface area (Å²) in [5.41, 5.74) is 2.18. The normalized spacial score (nSPS) is 11.9. The van der Waals surface area contributed by atoms with Gasteiger partial charge in [0.1, 0.15) is 0 Å². The molecule has 2 rings (SSSR count). The topological polar surface area (TPSA) is 41.9 Å². The maximum Gasteiger partial charge on any atom is 0.167 e. The van der Waals surface area contributed by atoms with Gasteiger partial charge in [-0.2, -0.15) is 5.10 Å². The van der Waals surface area contributed by atoms with Gasteiger partial charge in [-0.1, -0.05) is 30.3 Å². The fourth-order valence-corrected chi connectivity index (χ4v) is 2.05. The van der Waals surface area contributed by atoms with Crippen LogP contribution in [-0.4, -0.2) is 14.9 Å². The second-order valence-corrected chi connectivity index (χ2v) is 4.85. The Morgan fingerprint density at radius 3 is 2.68 bits per heavy atom. The molecule has 0 unspecified atom stereocenters. The van der Waals surface area contributed by atoms with E-state index in [0.717, 1.165) is 5.69 Å². The Labute approximate surface area is 118 Å². The molecule has 1 aromatic heterocycles. The summed E-state index contributed by atoms with van der Waals surface area (Å²) in [5, 5.41) is 11.3. The van der Waals surface area contributed by atoms with Gasteiger partial charge in [-0.15, -0.1) is 0 Å². The Bertz CT molecular complexity index is 535. The Hall–Kier alpha value is -1.88. The first-order valence-corrected chi connectivity index (χ1v) is 6.64. The maximum absolute atomic E-state index is 5.28. The van der Waals surface area contributed by atoms with Crippen LogP contribution in [0.1, 0.15) is 24.2 Å². The van der Waals surface area contributed by atoms with Gasteiger partial charge >= 0.3 is 0 Å². The van der Waals surface area contributed by atoms with Crippen molar-refractivity contribution >= 4 is 17.3 Å². The van der Waals surface area contributed by atoms with Gasteiger partial charge in [-0.05, 0) is 30.8 Å². The first-order chi connectivity index (χ1) is 9.15. The molecule has 0 radical (unpaired) electrons. The second kappa shape index (κ2) is 6.33. The number of hydrogen-bond donors (Lipinski definition) is 2. The second-order valence-electron chi connectivity index (χ2n) is 4.44. The lowest BCUT2D eigenvalue weighted by Crippen LogP contribution is -2.36. The highest BCUT2D eigenvalue weighted by molar-refractivity contribution is 7.80. The molecular weight excluding hydrogens is 256 g/mol. The van der Waals surface area contributed by atoms with Gasteiger partial charge in [-0.25, -0.2) is 0 Å². The van der Waals surface area contributed by atoms with Crippen LogP contribution in [0.4, 0.5) is 0 Å². The van der Waals surface area contributed by atoms with Crippen LogP contribution >= 0.6 is 12.2 Å². The minimum Gasteiger partial charge on any atom is -0.357 e. The molecule has 0 spiro atoms. The Kier molecular flexibility index (Phi) is 4.52. The molecule has 1 heterocycles. The minimum absolute atomic E-state index is 0.185. The van der Waals surface area contributed by atoms with E-state index >= 15 is 0 Å². The lowest BCUT2D eigenvalue weighted by molar-refractivity contribution is 0.687. The molecule has 2 aromatic rings. The van der Waals surface area contributed by atoms with E-state index < -0.39 is 0 Å². The van der Waals surface area contributed by atoms with Gasteiger partial charge in [0, 0.05) is 13.2 Å². The van der Waals surface area contributed by atoms with Crippen LogP contribution in [0, 0.1) is 0 Å². The molecule has 1 atom stereocenters. The SMILES string of the molecule is C[C@H](NC(=S)NCc1ccn(C)n1)c1ccccc1. The summed E-state index contributed by atoms with van der Waals surface area (Å²) in [4.78, 5) is 0. The van der Waals surface area contributed by atoms with Gasteiger partial charge in [0.2, 0.25) is 0 Å². The van der Waals surface area contributed by atoms with E-state index in [2.05, 4.69) is 34.8 Å². The van der Waals surface area contributed by atoms with Crippen LogP contribution in [0.5, 0.6) is 0 Å². The quantitative estimate of drug-likeness (QED) is 0.838. The van der Waals surface area contributed by atoms with E-state index in [-0.39, 0.29) is 6.04 Å². The zero-order valence-corrected chi connectivity index (χ0v) is 11.9. The number of nitrogens with one attached hydrogen (secondary N) is 2. The molecule has 0 saturated heterocycles. The summed E-state index contributed by atoms with van der Waals surface area (Å²) in [6.07, 6.45) is 1.92. The number of rotatable bonds is 4. The number of benzene rings is 1. The van der Waals surface area contributed by atoms with Crippen molar-refractivity contribution in [2.75, 3.05) is 0 Å². The van der Waals surface area contributed by atoms with Crippen molar-refractivity contribution in [1.82, 2.24) is 20.4 Å². The van der Waals surface area contributed by atoms with E-state index in [9.17, 15) is 0 Å². The highest BCUT2D eigenvalue weighted by Gasteiger charge is 2.06. The highest BCUT2D eigenvalue weighted by atomic mass is 32.1. The third-order valence-electron chi connectivity index (χ3n) is 2.85. The largest absolute Gasteiger partial charge is 0.357 e. The lowest BCUT2D eigenvalue weighted by Gasteiger charge is -2.16. The Morgan fingerprint density at radius 1 is 1.32 bits per heavy atom. The molecule has 0 saturated carbocycles. The van der Waals surface area contributed by atoms with Crippen LogP contribution in [0.15, 0.2) is 42.6 Å². The van der Waals surface area contributed by atoms with Crippen molar-refractivity contribution in [3.63, 3.8) is 0 Å². The molecule has 0 bridgehead atoms. The summed E-state index contributed by atoms with van der Waals surface area (Å²) in [6, 6.07) is 12.4. The standard InChI is InChI=1S/C14H18N4S/c1-11(12-6-4-3-5-7-12)16-14(19)15-10-13-8-9-18(2)17-13/h3-9,11H,10H2,1-2H3,(H2,15,16,19)/t11-/m0/s1. The molecule has 100 valence electrons. The molecule has 19 heavy (non-hydrogen) atoms. The van der Waals surface area contributed by atoms with Crippen molar-refractivity contribution in [3.05, 3.63) is 53.9 Å². The van der Waals surface area contributed by atoms with E-state index in [0.29, 0.717) is 11.7 Å². The van der Waals surface area contributed by atoms with Crippen molar-refractivity contribution in [3.8, 4) is 0 Å². The Balaban J connectivity index is 1.81. The van der Waals surface area contributed by atoms with Crippen molar-refractivity contribution in [1.29, 1.82) is 0 Å². The summed E-state index contributed by atoms with van der Waals surface area (Å²) in [6.45, 7) is 2.72. The summed E-state index contributed by atoms with van der Waals surface area (Å²) in [7, 11) is 1.90. The van der Waals surface area contributed by atoms with Gasteiger partial charge in [-0.3, -0.25) is 4.68 Å². The Morgan fingerprint density at radius 2 is 2.05 bits per heavy atom. The molecule has 5 heteroatoms. The average Bonchev–Trinajstić information content (AvgIpc) is 2.83. The predicted molar refractivity (Wildman–Crippen MR) is 80.6 cm³/mol. The summed E-state index contributed by atoms with van der Waals surface area (Å²) >= 11 is 5.28. The number of aromatic nitrogens is 2. The third kappa shape index (κ3) is 4.06. The van der Waals surface area contributed by atoms with Crippen LogP contribution in [0.3, 0.4) is 0 Å². The van der Waals surface area contributed by atoms with Gasteiger partial charge in [0.25, 0.3) is 0 Å². The zero-order chi connectivity index (χ0) is 13.7. The molecule has 0 fully saturated rings. The maximum atomic E-state index is 5.28. The molecule has 2 N–H and O–H groups in total. The smallest absolute Gasteiger partial charge is 0.167 e. The van der Waals surface area contributed by atoms with Crippen LogP contribution in [0.2, 0.25) is 0 Å². The molecule has 0 aliphatic carbocycles. The van der Waals surface area contributed by atoms with E-state index in [1.54, 1.807) is 4.68 Å². The molecule has 0 aliphatic rings. The van der Waals surface area contributed by atoms with Crippen LogP contribution in [-0.2, 0) is 13.6 Å². The molecule has 1 aromatic carbocycles. The fourth-order valence-electron chi connectivity index (χ4n) is 1.80. The molecule has 0 amide bonds. The van der Waals surface area contributed by atoms with E-state index in [1.807, 2.05) is 37.5 Å². The first-order valence-electron chi connectivity index (χ1n) is 6.23. The number of hydrogen-bond acceptors (Lipinski definition) is 2.